The van der Waals surface area contributed by atoms with Gasteiger partial charge in [0.1, 0.15) is 6.10 Å². The van der Waals surface area contributed by atoms with Crippen molar-refractivity contribution in [1.29, 1.82) is 0 Å². The van der Waals surface area contributed by atoms with Gasteiger partial charge in [-0.05, 0) is 30.6 Å². The van der Waals surface area contributed by atoms with E-state index in [1.165, 1.54) is 12.8 Å². The molecule has 0 unspecified atom stereocenters. The SMILES string of the molecule is CC(C)(C)[C@H]1CC[C@@H]2OC(=O)C[C@H]2C1. The first kappa shape index (κ1) is 10.0. The summed E-state index contributed by atoms with van der Waals surface area (Å²) in [5.74, 6) is 1.30. The van der Waals surface area contributed by atoms with Crippen molar-refractivity contribution in [2.75, 3.05) is 0 Å². The van der Waals surface area contributed by atoms with Crippen molar-refractivity contribution in [3.8, 4) is 0 Å². The van der Waals surface area contributed by atoms with Gasteiger partial charge in [-0.25, -0.2) is 0 Å². The molecule has 2 heteroatoms. The Labute approximate surface area is 86.0 Å². The maximum atomic E-state index is 11.1. The summed E-state index contributed by atoms with van der Waals surface area (Å²) in [5, 5.41) is 0. The van der Waals surface area contributed by atoms with Crippen molar-refractivity contribution in [2.24, 2.45) is 17.3 Å². The van der Waals surface area contributed by atoms with E-state index >= 15 is 0 Å². The molecule has 0 aromatic carbocycles. The zero-order valence-electron chi connectivity index (χ0n) is 9.38. The summed E-state index contributed by atoms with van der Waals surface area (Å²) in [6.07, 6.45) is 4.40. The number of fused-ring (bicyclic) bond motifs is 1. The molecule has 1 aliphatic heterocycles. The molecule has 0 radical (unpaired) electrons. The minimum absolute atomic E-state index is 0.0227. The quantitative estimate of drug-likeness (QED) is 0.557. The molecule has 1 saturated heterocycles. The topological polar surface area (TPSA) is 26.3 Å². The maximum Gasteiger partial charge on any atom is 0.306 e. The summed E-state index contributed by atoms with van der Waals surface area (Å²) >= 11 is 0. The van der Waals surface area contributed by atoms with E-state index in [1.807, 2.05) is 0 Å². The van der Waals surface area contributed by atoms with Crippen LogP contribution in [-0.2, 0) is 9.53 Å². The molecule has 2 nitrogen and oxygen atoms in total. The molecule has 0 aromatic heterocycles. The summed E-state index contributed by atoms with van der Waals surface area (Å²) in [4.78, 5) is 11.1. The largest absolute Gasteiger partial charge is 0.462 e. The highest BCUT2D eigenvalue weighted by Crippen LogP contribution is 2.44. The van der Waals surface area contributed by atoms with E-state index in [-0.39, 0.29) is 12.1 Å². The number of carbonyl (C=O) groups is 1. The van der Waals surface area contributed by atoms with Gasteiger partial charge >= 0.3 is 5.97 Å². The summed E-state index contributed by atoms with van der Waals surface area (Å²) in [6, 6.07) is 0. The molecule has 0 bridgehead atoms. The Balaban J connectivity index is 2.01. The molecular weight excluding hydrogens is 176 g/mol. The van der Waals surface area contributed by atoms with E-state index in [0.29, 0.717) is 17.8 Å². The molecule has 2 aliphatic rings. The fraction of sp³-hybridized carbons (Fsp3) is 0.917. The average molecular weight is 196 g/mol. The molecule has 0 spiro atoms. The average Bonchev–Trinajstić information content (AvgIpc) is 2.41. The second kappa shape index (κ2) is 3.25. The molecule has 80 valence electrons. The standard InChI is InChI=1S/C12H20O2/c1-12(2,3)9-4-5-10-8(6-9)7-11(13)14-10/h8-10H,4-7H2,1-3H3/t8-,9+,10+/m1/s1. The molecular formula is C12H20O2. The molecule has 0 amide bonds. The lowest BCUT2D eigenvalue weighted by Gasteiger charge is -2.38. The Morgan fingerprint density at radius 2 is 2.00 bits per heavy atom. The highest BCUT2D eigenvalue weighted by atomic mass is 16.5. The van der Waals surface area contributed by atoms with Gasteiger partial charge in [-0.1, -0.05) is 20.8 Å². The van der Waals surface area contributed by atoms with Gasteiger partial charge < -0.3 is 4.74 Å². The van der Waals surface area contributed by atoms with Crippen molar-refractivity contribution in [3.63, 3.8) is 0 Å². The predicted octanol–water partition coefficient (Wildman–Crippen LogP) is 2.76. The van der Waals surface area contributed by atoms with Gasteiger partial charge in [0.2, 0.25) is 0 Å². The third-order valence-electron chi connectivity index (χ3n) is 3.85. The molecule has 0 aromatic rings. The van der Waals surface area contributed by atoms with Crippen LogP contribution < -0.4 is 0 Å². The van der Waals surface area contributed by atoms with Gasteiger partial charge in [-0.15, -0.1) is 0 Å². The van der Waals surface area contributed by atoms with E-state index in [2.05, 4.69) is 20.8 Å². The van der Waals surface area contributed by atoms with Gasteiger partial charge in [0.15, 0.2) is 0 Å². The van der Waals surface area contributed by atoms with E-state index in [0.717, 1.165) is 12.3 Å². The molecule has 0 N–H and O–H groups in total. The van der Waals surface area contributed by atoms with Crippen LogP contribution in [-0.4, -0.2) is 12.1 Å². The second-order valence-corrected chi connectivity index (χ2v) is 5.87. The lowest BCUT2D eigenvalue weighted by Crippen LogP contribution is -2.32. The number of hydrogen-bond donors (Lipinski definition) is 0. The van der Waals surface area contributed by atoms with Crippen molar-refractivity contribution in [1.82, 2.24) is 0 Å². The molecule has 1 heterocycles. The number of ether oxygens (including phenoxy) is 1. The van der Waals surface area contributed by atoms with Crippen LogP contribution in [0.15, 0.2) is 0 Å². The minimum Gasteiger partial charge on any atom is -0.462 e. The van der Waals surface area contributed by atoms with Crippen LogP contribution in [0.1, 0.15) is 46.5 Å². The van der Waals surface area contributed by atoms with E-state index in [9.17, 15) is 4.79 Å². The molecule has 14 heavy (non-hydrogen) atoms. The van der Waals surface area contributed by atoms with Crippen molar-refractivity contribution in [3.05, 3.63) is 0 Å². The Hall–Kier alpha value is -0.530. The normalized spacial score (nSPS) is 37.9. The second-order valence-electron chi connectivity index (χ2n) is 5.87. The van der Waals surface area contributed by atoms with Crippen LogP contribution in [0.25, 0.3) is 0 Å². The third-order valence-corrected chi connectivity index (χ3v) is 3.85. The summed E-state index contributed by atoms with van der Waals surface area (Å²) in [5.41, 5.74) is 0.386. The minimum atomic E-state index is 0.0227. The van der Waals surface area contributed by atoms with Gasteiger partial charge in [-0.2, -0.15) is 0 Å². The summed E-state index contributed by atoms with van der Waals surface area (Å²) in [7, 11) is 0. The van der Waals surface area contributed by atoms with Crippen LogP contribution >= 0.6 is 0 Å². The fourth-order valence-electron chi connectivity index (χ4n) is 2.82. The van der Waals surface area contributed by atoms with Crippen molar-refractivity contribution in [2.45, 2.75) is 52.6 Å². The maximum absolute atomic E-state index is 11.1. The molecule has 1 aliphatic carbocycles. The van der Waals surface area contributed by atoms with Gasteiger partial charge in [0.25, 0.3) is 0 Å². The summed E-state index contributed by atoms with van der Waals surface area (Å²) in [6.45, 7) is 6.90. The molecule has 3 atom stereocenters. The van der Waals surface area contributed by atoms with Crippen molar-refractivity contribution >= 4 is 5.97 Å². The lowest BCUT2D eigenvalue weighted by atomic mass is 9.68. The number of carbonyl (C=O) groups excluding carboxylic acids is 1. The number of hydrogen-bond acceptors (Lipinski definition) is 2. The van der Waals surface area contributed by atoms with E-state index in [1.54, 1.807) is 0 Å². The van der Waals surface area contributed by atoms with Crippen LogP contribution in [0.3, 0.4) is 0 Å². The van der Waals surface area contributed by atoms with Crippen molar-refractivity contribution < 1.29 is 9.53 Å². The van der Waals surface area contributed by atoms with Gasteiger partial charge in [0.05, 0.1) is 6.42 Å². The number of rotatable bonds is 0. The highest BCUT2D eigenvalue weighted by Gasteiger charge is 2.42. The van der Waals surface area contributed by atoms with Crippen LogP contribution in [0, 0.1) is 17.3 Å². The Morgan fingerprint density at radius 1 is 1.29 bits per heavy atom. The van der Waals surface area contributed by atoms with E-state index in [4.69, 9.17) is 4.74 Å². The first-order valence-electron chi connectivity index (χ1n) is 5.66. The molecule has 2 rings (SSSR count). The van der Waals surface area contributed by atoms with E-state index < -0.39 is 0 Å². The zero-order valence-corrected chi connectivity index (χ0v) is 9.38. The first-order chi connectivity index (χ1) is 6.47. The molecule has 1 saturated carbocycles. The van der Waals surface area contributed by atoms with Gasteiger partial charge in [-0.3, -0.25) is 4.79 Å². The smallest absolute Gasteiger partial charge is 0.306 e. The lowest BCUT2D eigenvalue weighted by molar-refractivity contribution is -0.142. The Kier molecular flexibility index (Phi) is 2.32. The Bertz CT molecular complexity index is 239. The Morgan fingerprint density at radius 3 is 2.64 bits per heavy atom. The number of esters is 1. The molecule has 2 fully saturated rings. The highest BCUT2D eigenvalue weighted by molar-refractivity contribution is 5.72. The predicted molar refractivity (Wildman–Crippen MR) is 54.8 cm³/mol. The van der Waals surface area contributed by atoms with Crippen LogP contribution in [0.4, 0.5) is 0 Å². The zero-order chi connectivity index (χ0) is 10.3. The summed E-state index contributed by atoms with van der Waals surface area (Å²) < 4.78 is 5.29. The monoisotopic (exact) mass is 196 g/mol. The van der Waals surface area contributed by atoms with Crippen LogP contribution in [0.2, 0.25) is 0 Å². The van der Waals surface area contributed by atoms with Crippen LogP contribution in [0.5, 0.6) is 0 Å². The third kappa shape index (κ3) is 1.79. The van der Waals surface area contributed by atoms with Gasteiger partial charge in [0, 0.05) is 5.92 Å². The fourth-order valence-corrected chi connectivity index (χ4v) is 2.82. The first-order valence-corrected chi connectivity index (χ1v) is 5.66.